The van der Waals surface area contributed by atoms with Crippen molar-refractivity contribution in [2.45, 2.75) is 51.8 Å². The summed E-state index contributed by atoms with van der Waals surface area (Å²) in [7, 11) is 0. The van der Waals surface area contributed by atoms with Crippen LogP contribution in [0.5, 0.6) is 0 Å². The van der Waals surface area contributed by atoms with Gasteiger partial charge in [0.1, 0.15) is 0 Å². The summed E-state index contributed by atoms with van der Waals surface area (Å²) in [6, 6.07) is 3.84. The van der Waals surface area contributed by atoms with E-state index in [1.165, 1.54) is 24.5 Å². The Morgan fingerprint density at radius 2 is 1.92 bits per heavy atom. The van der Waals surface area contributed by atoms with Crippen LogP contribution in [0, 0.1) is 5.41 Å². The predicted octanol–water partition coefficient (Wildman–Crippen LogP) is 0.907. The van der Waals surface area contributed by atoms with E-state index in [2.05, 4.69) is 4.98 Å². The van der Waals surface area contributed by atoms with Crippen LogP contribution in [0.15, 0.2) is 46.4 Å². The van der Waals surface area contributed by atoms with Crippen molar-refractivity contribution in [2.24, 2.45) is 5.41 Å². The van der Waals surface area contributed by atoms with Gasteiger partial charge in [-0.05, 0) is 32.9 Å². The van der Waals surface area contributed by atoms with Crippen molar-refractivity contribution in [1.29, 1.82) is 0 Å². The normalized spacial score (nSPS) is 25.0. The van der Waals surface area contributed by atoms with Gasteiger partial charge in [0.25, 0.3) is 11.4 Å². The fourth-order valence-electron chi connectivity index (χ4n) is 3.49. The van der Waals surface area contributed by atoms with Gasteiger partial charge in [0, 0.05) is 24.7 Å². The van der Waals surface area contributed by atoms with E-state index < -0.39 is 72.4 Å². The molecule has 4 heterocycles. The first-order chi connectivity index (χ1) is 16.9. The number of carbonyl (C=O) groups excluding carboxylic acids is 3. The second kappa shape index (κ2) is 9.18. The Balaban J connectivity index is 1.58. The quantitative estimate of drug-likeness (QED) is 0.405. The Hall–Kier alpha value is -4.07. The number of nitrogens with zero attached hydrogens (tertiary/aromatic N) is 3. The van der Waals surface area contributed by atoms with Gasteiger partial charge < -0.3 is 23.7 Å². The highest BCUT2D eigenvalue weighted by atomic mass is 19.2. The van der Waals surface area contributed by atoms with Crippen molar-refractivity contribution < 1.29 is 42.5 Å². The lowest BCUT2D eigenvalue weighted by Gasteiger charge is -2.23. The van der Waals surface area contributed by atoms with Crippen molar-refractivity contribution >= 4 is 18.1 Å². The van der Waals surface area contributed by atoms with Crippen molar-refractivity contribution in [3.05, 3.63) is 63.2 Å². The van der Waals surface area contributed by atoms with Gasteiger partial charge in [-0.1, -0.05) is 0 Å². The molecule has 0 aromatic carbocycles. The van der Waals surface area contributed by atoms with Crippen LogP contribution in [0.2, 0.25) is 0 Å². The average Bonchev–Trinajstić information content (AvgIpc) is 3.34. The topological polar surface area (TPSA) is 154 Å². The number of rotatable bonds is 6. The highest BCUT2D eigenvalue weighted by Crippen LogP contribution is 2.44. The number of fused-ring (bicyclic) bond motifs is 1. The molecule has 0 spiro atoms. The number of aromatic nitrogens is 3. The highest BCUT2D eigenvalue weighted by Gasteiger charge is 2.65. The minimum atomic E-state index is -2.89. The second-order valence-corrected chi connectivity index (χ2v) is 9.07. The Kier molecular flexibility index (Phi) is 6.39. The molecular formula is C22H22FN3O10. The molecule has 36 heavy (non-hydrogen) atoms. The molecular weight excluding hydrogens is 485 g/mol. The number of hydrogen-bond acceptors (Lipinski definition) is 11. The molecule has 14 heteroatoms. The summed E-state index contributed by atoms with van der Waals surface area (Å²) in [6.45, 7) is 3.04. The molecule has 2 aromatic rings. The molecule has 4 rings (SSSR count). The molecule has 0 saturated carbocycles. The van der Waals surface area contributed by atoms with Crippen molar-refractivity contribution in [2.75, 3.05) is 6.61 Å². The van der Waals surface area contributed by atoms with Crippen LogP contribution in [-0.4, -0.2) is 56.9 Å². The Morgan fingerprint density at radius 1 is 1.17 bits per heavy atom. The summed E-state index contributed by atoms with van der Waals surface area (Å²) < 4.78 is 42.5. The maximum atomic E-state index is 15.8. The standard InChI is InChI=1S/C22H22FN3O10/c1-21(2,3)18(29)33-11-26-13(27)6-8-25(19(26)30)16-14-15(35-20(31)34-14)22(23,36-16)10-32-17(28)12-5-4-7-24-9-12/h4-9,14-16H,10-11H2,1-3H3/t14-,15+,16-,22-/m1/s1. The van der Waals surface area contributed by atoms with Gasteiger partial charge in [-0.15, -0.1) is 0 Å². The van der Waals surface area contributed by atoms with E-state index in [-0.39, 0.29) is 5.56 Å². The average molecular weight is 507 g/mol. The van der Waals surface area contributed by atoms with Crippen LogP contribution in [0.3, 0.4) is 0 Å². The molecule has 2 fully saturated rings. The van der Waals surface area contributed by atoms with Gasteiger partial charge >= 0.3 is 23.8 Å². The van der Waals surface area contributed by atoms with E-state index in [1.807, 2.05) is 0 Å². The molecule has 0 N–H and O–H groups in total. The van der Waals surface area contributed by atoms with Crippen molar-refractivity contribution in [3.63, 3.8) is 0 Å². The number of hydrogen-bond donors (Lipinski definition) is 0. The van der Waals surface area contributed by atoms with Gasteiger partial charge in [-0.25, -0.2) is 23.3 Å². The zero-order valence-electron chi connectivity index (χ0n) is 19.4. The third-order valence-corrected chi connectivity index (χ3v) is 5.38. The van der Waals surface area contributed by atoms with Gasteiger partial charge in [0.15, 0.2) is 25.7 Å². The third kappa shape index (κ3) is 4.71. The molecule has 2 saturated heterocycles. The Labute approximate surface area is 202 Å². The van der Waals surface area contributed by atoms with E-state index in [4.69, 9.17) is 23.7 Å². The summed E-state index contributed by atoms with van der Waals surface area (Å²) in [5.74, 6) is -4.48. The summed E-state index contributed by atoms with van der Waals surface area (Å²) in [4.78, 5) is 65.1. The smallest absolute Gasteiger partial charge is 0.456 e. The number of halogens is 1. The first-order valence-corrected chi connectivity index (χ1v) is 10.7. The van der Waals surface area contributed by atoms with E-state index >= 15 is 4.39 Å². The lowest BCUT2D eigenvalue weighted by Crippen LogP contribution is -2.43. The number of ether oxygens (including phenoxy) is 5. The summed E-state index contributed by atoms with van der Waals surface area (Å²) in [5, 5.41) is 0. The second-order valence-electron chi connectivity index (χ2n) is 9.07. The maximum absolute atomic E-state index is 15.8. The van der Waals surface area contributed by atoms with Crippen LogP contribution in [0.25, 0.3) is 0 Å². The first-order valence-electron chi connectivity index (χ1n) is 10.7. The molecule has 0 aliphatic carbocycles. The minimum Gasteiger partial charge on any atom is -0.456 e. The van der Waals surface area contributed by atoms with Crippen LogP contribution < -0.4 is 11.2 Å². The van der Waals surface area contributed by atoms with Gasteiger partial charge in [0.2, 0.25) is 6.10 Å². The first kappa shape index (κ1) is 25.0. The molecule has 0 unspecified atom stereocenters. The molecule has 0 bridgehead atoms. The Bertz CT molecular complexity index is 1300. The molecule has 0 radical (unpaired) electrons. The van der Waals surface area contributed by atoms with Crippen LogP contribution in [0.1, 0.15) is 37.4 Å². The lowest BCUT2D eigenvalue weighted by molar-refractivity contribution is -0.211. The lowest BCUT2D eigenvalue weighted by atomic mass is 9.98. The van der Waals surface area contributed by atoms with Gasteiger partial charge in [-0.3, -0.25) is 19.1 Å². The monoisotopic (exact) mass is 507 g/mol. The number of alkyl halides is 1. The summed E-state index contributed by atoms with van der Waals surface area (Å²) >= 11 is 0. The summed E-state index contributed by atoms with van der Waals surface area (Å²) in [5.41, 5.74) is -2.69. The zero-order chi connectivity index (χ0) is 26.3. The van der Waals surface area contributed by atoms with E-state index in [0.717, 1.165) is 16.8 Å². The number of pyridine rings is 1. The number of esters is 2. The minimum absolute atomic E-state index is 0.0416. The van der Waals surface area contributed by atoms with Gasteiger partial charge in [-0.2, -0.15) is 0 Å². The SMILES string of the molecule is CC(C)(C)C(=O)OCn1c(=O)ccn([C@@H]2O[C@](F)(COC(=O)c3cccnc3)[C@H]3OC(=O)O[C@@H]23)c1=O. The maximum Gasteiger partial charge on any atom is 0.509 e. The highest BCUT2D eigenvalue weighted by molar-refractivity contribution is 5.88. The molecule has 192 valence electrons. The van der Waals surface area contributed by atoms with E-state index in [1.54, 1.807) is 20.8 Å². The van der Waals surface area contributed by atoms with Crippen LogP contribution >= 0.6 is 0 Å². The van der Waals surface area contributed by atoms with Crippen LogP contribution in [-0.2, 0) is 35.2 Å². The van der Waals surface area contributed by atoms with E-state index in [0.29, 0.717) is 4.57 Å². The molecule has 0 amide bonds. The van der Waals surface area contributed by atoms with Crippen LogP contribution in [0.4, 0.5) is 9.18 Å². The molecule has 2 aliphatic heterocycles. The van der Waals surface area contributed by atoms with E-state index in [9.17, 15) is 24.0 Å². The fourth-order valence-corrected chi connectivity index (χ4v) is 3.49. The zero-order valence-corrected chi connectivity index (χ0v) is 19.4. The predicted molar refractivity (Wildman–Crippen MR) is 114 cm³/mol. The third-order valence-electron chi connectivity index (χ3n) is 5.38. The molecule has 2 aliphatic rings. The van der Waals surface area contributed by atoms with Crippen molar-refractivity contribution in [1.82, 2.24) is 14.1 Å². The molecule has 4 atom stereocenters. The Morgan fingerprint density at radius 3 is 2.58 bits per heavy atom. The van der Waals surface area contributed by atoms with Gasteiger partial charge in [0.05, 0.1) is 11.0 Å². The number of carbonyl (C=O) groups is 3. The van der Waals surface area contributed by atoms with Crippen molar-refractivity contribution in [3.8, 4) is 0 Å². The largest absolute Gasteiger partial charge is 0.509 e. The summed E-state index contributed by atoms with van der Waals surface area (Å²) in [6.07, 6.45) is -2.32. The fraction of sp³-hybridized carbons (Fsp3) is 0.455. The molecule has 2 aromatic heterocycles. The molecule has 13 nitrogen and oxygen atoms in total.